The number of benzene rings is 1. The summed E-state index contributed by atoms with van der Waals surface area (Å²) in [6.07, 6.45) is 3.62. The summed E-state index contributed by atoms with van der Waals surface area (Å²) in [5.41, 5.74) is 0.765. The Morgan fingerprint density at radius 2 is 2.24 bits per heavy atom. The molecule has 0 aliphatic carbocycles. The molecule has 0 spiro atoms. The van der Waals surface area contributed by atoms with Gasteiger partial charge in [0.05, 0.1) is 5.69 Å². The maximum absolute atomic E-state index is 13.7. The number of nitrogens with one attached hydrogen (secondary N) is 1. The van der Waals surface area contributed by atoms with E-state index in [0.29, 0.717) is 5.92 Å². The standard InChI is InChI=1S/C14H21FN2/c1-16-9-8-12-5-4-10-17(11-12)14-7-3-2-6-13(14)15/h2-3,6-7,12,16H,4-5,8-11H2,1H3. The smallest absolute Gasteiger partial charge is 0.146 e. The normalized spacial score (nSPS) is 20.6. The maximum Gasteiger partial charge on any atom is 0.146 e. The second-order valence-corrected chi connectivity index (χ2v) is 4.80. The van der Waals surface area contributed by atoms with Crippen LogP contribution < -0.4 is 10.2 Å². The van der Waals surface area contributed by atoms with Crippen molar-refractivity contribution in [3.05, 3.63) is 30.1 Å². The van der Waals surface area contributed by atoms with E-state index in [-0.39, 0.29) is 5.82 Å². The van der Waals surface area contributed by atoms with Crippen LogP contribution in [0.1, 0.15) is 19.3 Å². The van der Waals surface area contributed by atoms with E-state index >= 15 is 0 Å². The maximum atomic E-state index is 13.7. The highest BCUT2D eigenvalue weighted by atomic mass is 19.1. The largest absolute Gasteiger partial charge is 0.369 e. The summed E-state index contributed by atoms with van der Waals surface area (Å²) in [5, 5.41) is 3.19. The molecule has 0 radical (unpaired) electrons. The molecular formula is C14H21FN2. The summed E-state index contributed by atoms with van der Waals surface area (Å²) < 4.78 is 13.7. The van der Waals surface area contributed by atoms with Crippen molar-refractivity contribution in [1.82, 2.24) is 5.32 Å². The third kappa shape index (κ3) is 3.19. The predicted molar refractivity (Wildman–Crippen MR) is 69.9 cm³/mol. The van der Waals surface area contributed by atoms with Gasteiger partial charge in [-0.15, -0.1) is 0 Å². The van der Waals surface area contributed by atoms with E-state index in [1.807, 2.05) is 19.2 Å². The first kappa shape index (κ1) is 12.4. The number of rotatable bonds is 4. The molecule has 1 fully saturated rings. The molecule has 94 valence electrons. The Bertz CT molecular complexity index is 354. The van der Waals surface area contributed by atoms with Crippen molar-refractivity contribution in [2.75, 3.05) is 31.6 Å². The molecule has 1 aromatic rings. The van der Waals surface area contributed by atoms with Crippen molar-refractivity contribution in [2.45, 2.75) is 19.3 Å². The van der Waals surface area contributed by atoms with Gasteiger partial charge in [0.25, 0.3) is 0 Å². The molecule has 1 heterocycles. The Morgan fingerprint density at radius 1 is 1.41 bits per heavy atom. The Balaban J connectivity index is 1.99. The lowest BCUT2D eigenvalue weighted by Crippen LogP contribution is -2.36. The SMILES string of the molecule is CNCCC1CCCN(c2ccccc2F)C1. The number of hydrogen-bond acceptors (Lipinski definition) is 2. The minimum absolute atomic E-state index is 0.0956. The van der Waals surface area contributed by atoms with Crippen molar-refractivity contribution in [3.63, 3.8) is 0 Å². The van der Waals surface area contributed by atoms with Gasteiger partial charge in [-0.25, -0.2) is 4.39 Å². The molecule has 1 saturated heterocycles. The molecule has 2 rings (SSSR count). The first-order chi connectivity index (χ1) is 8.31. The highest BCUT2D eigenvalue weighted by Gasteiger charge is 2.21. The number of nitrogens with zero attached hydrogens (tertiary/aromatic N) is 1. The molecule has 17 heavy (non-hydrogen) atoms. The van der Waals surface area contributed by atoms with E-state index in [0.717, 1.165) is 25.3 Å². The first-order valence-electron chi connectivity index (χ1n) is 6.45. The zero-order valence-corrected chi connectivity index (χ0v) is 10.5. The lowest BCUT2D eigenvalue weighted by Gasteiger charge is -2.34. The lowest BCUT2D eigenvalue weighted by atomic mass is 9.94. The highest BCUT2D eigenvalue weighted by Crippen LogP contribution is 2.26. The third-order valence-electron chi connectivity index (χ3n) is 3.51. The monoisotopic (exact) mass is 236 g/mol. The summed E-state index contributed by atoms with van der Waals surface area (Å²) in [4.78, 5) is 2.19. The van der Waals surface area contributed by atoms with E-state index in [4.69, 9.17) is 0 Å². The average molecular weight is 236 g/mol. The average Bonchev–Trinajstić information content (AvgIpc) is 2.37. The number of halogens is 1. The second kappa shape index (κ2) is 6.01. The summed E-state index contributed by atoms with van der Waals surface area (Å²) >= 11 is 0. The van der Waals surface area contributed by atoms with Gasteiger partial charge in [0.1, 0.15) is 5.82 Å². The van der Waals surface area contributed by atoms with Gasteiger partial charge in [0.2, 0.25) is 0 Å². The van der Waals surface area contributed by atoms with Crippen LogP contribution in [0.15, 0.2) is 24.3 Å². The van der Waals surface area contributed by atoms with E-state index in [2.05, 4.69) is 10.2 Å². The zero-order chi connectivity index (χ0) is 12.1. The van der Waals surface area contributed by atoms with Crippen LogP contribution in [0, 0.1) is 11.7 Å². The van der Waals surface area contributed by atoms with Crippen LogP contribution >= 0.6 is 0 Å². The number of hydrogen-bond donors (Lipinski definition) is 1. The fraction of sp³-hybridized carbons (Fsp3) is 0.571. The van der Waals surface area contributed by atoms with Crippen LogP contribution in [-0.4, -0.2) is 26.7 Å². The zero-order valence-electron chi connectivity index (χ0n) is 10.5. The van der Waals surface area contributed by atoms with E-state index in [1.54, 1.807) is 12.1 Å². The van der Waals surface area contributed by atoms with Crippen LogP contribution in [-0.2, 0) is 0 Å². The fourth-order valence-corrected chi connectivity index (χ4v) is 2.58. The van der Waals surface area contributed by atoms with Crippen LogP contribution in [0.25, 0.3) is 0 Å². The summed E-state index contributed by atoms with van der Waals surface area (Å²) in [5.74, 6) is 0.595. The van der Waals surface area contributed by atoms with Crippen LogP contribution in [0.4, 0.5) is 10.1 Å². The van der Waals surface area contributed by atoms with Gasteiger partial charge in [-0.3, -0.25) is 0 Å². The van der Waals surface area contributed by atoms with Gasteiger partial charge in [-0.1, -0.05) is 12.1 Å². The molecule has 0 aromatic heterocycles. The Hall–Kier alpha value is -1.09. The van der Waals surface area contributed by atoms with Gasteiger partial charge >= 0.3 is 0 Å². The molecule has 2 nitrogen and oxygen atoms in total. The molecule has 1 aliphatic heterocycles. The molecule has 1 aliphatic rings. The predicted octanol–water partition coefficient (Wildman–Crippen LogP) is 2.65. The minimum Gasteiger partial charge on any atom is -0.369 e. The Labute approximate surface area is 103 Å². The van der Waals surface area contributed by atoms with E-state index in [9.17, 15) is 4.39 Å². The third-order valence-corrected chi connectivity index (χ3v) is 3.51. The Morgan fingerprint density at radius 3 is 3.00 bits per heavy atom. The second-order valence-electron chi connectivity index (χ2n) is 4.80. The topological polar surface area (TPSA) is 15.3 Å². The Kier molecular flexibility index (Phi) is 4.37. The van der Waals surface area contributed by atoms with Crippen molar-refractivity contribution >= 4 is 5.69 Å². The van der Waals surface area contributed by atoms with E-state index in [1.165, 1.54) is 19.3 Å². The van der Waals surface area contributed by atoms with E-state index < -0.39 is 0 Å². The summed E-state index contributed by atoms with van der Waals surface area (Å²) in [7, 11) is 1.98. The lowest BCUT2D eigenvalue weighted by molar-refractivity contribution is 0.385. The fourth-order valence-electron chi connectivity index (χ4n) is 2.58. The van der Waals surface area contributed by atoms with Crippen LogP contribution in [0.5, 0.6) is 0 Å². The van der Waals surface area contributed by atoms with Gasteiger partial charge in [0, 0.05) is 13.1 Å². The molecular weight excluding hydrogens is 215 g/mol. The van der Waals surface area contributed by atoms with Crippen molar-refractivity contribution in [3.8, 4) is 0 Å². The quantitative estimate of drug-likeness (QED) is 0.864. The molecule has 0 amide bonds. The van der Waals surface area contributed by atoms with Crippen molar-refractivity contribution in [2.24, 2.45) is 5.92 Å². The molecule has 1 aromatic carbocycles. The first-order valence-corrected chi connectivity index (χ1v) is 6.45. The number of anilines is 1. The molecule has 1 N–H and O–H groups in total. The summed E-state index contributed by atoms with van der Waals surface area (Å²) in [6.45, 7) is 3.02. The molecule has 0 bridgehead atoms. The van der Waals surface area contributed by atoms with Gasteiger partial charge < -0.3 is 10.2 Å². The van der Waals surface area contributed by atoms with Gasteiger partial charge in [-0.05, 0) is 50.9 Å². The number of piperidine rings is 1. The van der Waals surface area contributed by atoms with Crippen molar-refractivity contribution in [1.29, 1.82) is 0 Å². The molecule has 1 unspecified atom stereocenters. The summed E-state index contributed by atoms with van der Waals surface area (Å²) in [6, 6.07) is 7.10. The van der Waals surface area contributed by atoms with Gasteiger partial charge in [-0.2, -0.15) is 0 Å². The highest BCUT2D eigenvalue weighted by molar-refractivity contribution is 5.47. The van der Waals surface area contributed by atoms with Crippen molar-refractivity contribution < 1.29 is 4.39 Å². The number of para-hydroxylation sites is 1. The van der Waals surface area contributed by atoms with Crippen LogP contribution in [0.2, 0.25) is 0 Å². The molecule has 1 atom stereocenters. The van der Waals surface area contributed by atoms with Crippen LogP contribution in [0.3, 0.4) is 0 Å². The van der Waals surface area contributed by atoms with Gasteiger partial charge in [0.15, 0.2) is 0 Å². The molecule has 0 saturated carbocycles. The minimum atomic E-state index is -0.0956. The molecule has 3 heteroatoms.